The van der Waals surface area contributed by atoms with Gasteiger partial charge < -0.3 is 10.3 Å². The van der Waals surface area contributed by atoms with Crippen LogP contribution in [-0.4, -0.2) is 14.1 Å². The Kier molecular flexibility index (Phi) is 4.10. The maximum absolute atomic E-state index is 5.63. The van der Waals surface area contributed by atoms with E-state index in [1.807, 2.05) is 55.6 Å². The second-order valence-corrected chi connectivity index (χ2v) is 4.12. The number of rotatable bonds is 4. The molecular weight excluding hydrogens is 238 g/mol. The number of nitrogens with zero attached hydrogens (tertiary/aromatic N) is 3. The van der Waals surface area contributed by atoms with Crippen LogP contribution >= 0.6 is 0 Å². The van der Waals surface area contributed by atoms with Crippen LogP contribution < -0.4 is 16.2 Å². The predicted molar refractivity (Wildman–Crippen MR) is 79.2 cm³/mol. The van der Waals surface area contributed by atoms with Crippen molar-refractivity contribution >= 4 is 22.7 Å². The number of hydrogen-bond acceptors (Lipinski definition) is 5. The highest BCUT2D eigenvalue weighted by Gasteiger charge is 1.95. The molecule has 0 bridgehead atoms. The van der Waals surface area contributed by atoms with Gasteiger partial charge in [0.2, 0.25) is 0 Å². The number of anilines is 2. The van der Waals surface area contributed by atoms with E-state index in [9.17, 15) is 0 Å². The van der Waals surface area contributed by atoms with Crippen molar-refractivity contribution in [3.05, 3.63) is 48.5 Å². The lowest BCUT2D eigenvalue weighted by Crippen LogP contribution is -2.24. The van der Waals surface area contributed by atoms with Crippen LogP contribution in [0.1, 0.15) is 0 Å². The fourth-order valence-corrected chi connectivity index (χ4v) is 1.56. The van der Waals surface area contributed by atoms with Crippen molar-refractivity contribution in [2.24, 2.45) is 16.1 Å². The summed E-state index contributed by atoms with van der Waals surface area (Å²) in [5.74, 6) is 5.63. The lowest BCUT2D eigenvalue weighted by Gasteiger charge is -2.10. The number of benzene rings is 2. The quantitative estimate of drug-likeness (QED) is 0.499. The largest absolute Gasteiger partial charge is 0.388 e. The van der Waals surface area contributed by atoms with E-state index in [1.54, 1.807) is 12.1 Å². The summed E-state index contributed by atoms with van der Waals surface area (Å²) in [4.78, 5) is 0. The number of hydrazine groups is 1. The Hall–Kier alpha value is -2.40. The number of nitrogens with two attached hydrogens (primary N) is 1. The molecular formula is C14H17N5. The van der Waals surface area contributed by atoms with Gasteiger partial charge in [-0.3, -0.25) is 0 Å². The van der Waals surface area contributed by atoms with Crippen molar-refractivity contribution in [2.75, 3.05) is 24.4 Å². The first-order valence-electron chi connectivity index (χ1n) is 5.97. The third-order valence-electron chi connectivity index (χ3n) is 2.69. The molecule has 0 saturated carbocycles. The molecule has 5 heteroatoms. The minimum absolute atomic E-state index is 0.795. The van der Waals surface area contributed by atoms with Crippen LogP contribution in [0.4, 0.5) is 22.7 Å². The highest BCUT2D eigenvalue weighted by Crippen LogP contribution is 2.21. The Bertz CT molecular complexity index is 543. The molecule has 0 radical (unpaired) electrons. The molecule has 0 heterocycles. The summed E-state index contributed by atoms with van der Waals surface area (Å²) < 4.78 is 0. The fourth-order valence-electron chi connectivity index (χ4n) is 1.56. The van der Waals surface area contributed by atoms with Crippen LogP contribution in [0.25, 0.3) is 0 Å². The lowest BCUT2D eigenvalue weighted by atomic mass is 10.3. The second kappa shape index (κ2) is 5.97. The zero-order chi connectivity index (χ0) is 13.7. The van der Waals surface area contributed by atoms with Crippen molar-refractivity contribution in [2.45, 2.75) is 0 Å². The predicted octanol–water partition coefficient (Wildman–Crippen LogP) is 3.45. The van der Waals surface area contributed by atoms with Gasteiger partial charge in [0.1, 0.15) is 0 Å². The van der Waals surface area contributed by atoms with Gasteiger partial charge in [0, 0.05) is 19.8 Å². The molecule has 5 nitrogen and oxygen atoms in total. The summed E-state index contributed by atoms with van der Waals surface area (Å²) >= 11 is 0. The molecule has 0 aliphatic rings. The highest BCUT2D eigenvalue weighted by molar-refractivity contribution is 5.52. The summed E-state index contributed by atoms with van der Waals surface area (Å²) in [6.07, 6.45) is 0. The Balaban J connectivity index is 2.08. The molecule has 0 spiro atoms. The Labute approximate surface area is 112 Å². The maximum atomic E-state index is 5.63. The molecule has 2 aromatic carbocycles. The minimum Gasteiger partial charge on any atom is -0.388 e. The van der Waals surface area contributed by atoms with Gasteiger partial charge in [-0.25, -0.2) is 5.84 Å². The summed E-state index contributed by atoms with van der Waals surface area (Å²) in [5, 5.41) is 13.0. The Morgan fingerprint density at radius 1 is 0.895 bits per heavy atom. The average Bonchev–Trinajstić information content (AvgIpc) is 2.46. The molecule has 3 N–H and O–H groups in total. The van der Waals surface area contributed by atoms with E-state index in [4.69, 9.17) is 5.84 Å². The summed E-state index contributed by atoms with van der Waals surface area (Å²) in [7, 11) is 3.67. The first kappa shape index (κ1) is 13.0. The molecule has 0 amide bonds. The van der Waals surface area contributed by atoms with Gasteiger partial charge in [-0.15, -0.1) is 0 Å². The third-order valence-corrected chi connectivity index (χ3v) is 2.69. The van der Waals surface area contributed by atoms with E-state index in [0.717, 1.165) is 22.7 Å². The smallest absolute Gasteiger partial charge is 0.0858 e. The molecule has 2 aromatic rings. The summed E-state index contributed by atoms with van der Waals surface area (Å²) in [6, 6.07) is 15.3. The van der Waals surface area contributed by atoms with Gasteiger partial charge in [0.05, 0.1) is 17.1 Å². The van der Waals surface area contributed by atoms with Crippen LogP contribution in [0.2, 0.25) is 0 Å². The van der Waals surface area contributed by atoms with Gasteiger partial charge in [0.25, 0.3) is 0 Å². The van der Waals surface area contributed by atoms with E-state index in [0.29, 0.717) is 0 Å². The monoisotopic (exact) mass is 255 g/mol. The molecule has 0 saturated heterocycles. The zero-order valence-electron chi connectivity index (χ0n) is 11.0. The van der Waals surface area contributed by atoms with E-state index in [1.165, 1.54) is 0 Å². The average molecular weight is 255 g/mol. The van der Waals surface area contributed by atoms with Gasteiger partial charge in [-0.05, 0) is 48.5 Å². The van der Waals surface area contributed by atoms with Crippen LogP contribution in [0.5, 0.6) is 0 Å². The van der Waals surface area contributed by atoms with E-state index < -0.39 is 0 Å². The molecule has 0 fully saturated rings. The van der Waals surface area contributed by atoms with E-state index in [2.05, 4.69) is 15.5 Å². The summed E-state index contributed by atoms with van der Waals surface area (Å²) in [5.41, 5.74) is 3.59. The maximum Gasteiger partial charge on any atom is 0.0858 e. The molecule has 0 aromatic heterocycles. The zero-order valence-corrected chi connectivity index (χ0v) is 11.0. The van der Waals surface area contributed by atoms with Gasteiger partial charge in [0.15, 0.2) is 0 Å². The van der Waals surface area contributed by atoms with Crippen LogP contribution in [0.3, 0.4) is 0 Å². The first-order chi connectivity index (χ1) is 9.19. The Morgan fingerprint density at radius 2 is 1.37 bits per heavy atom. The molecule has 19 heavy (non-hydrogen) atoms. The molecule has 0 unspecified atom stereocenters. The second-order valence-electron chi connectivity index (χ2n) is 4.12. The van der Waals surface area contributed by atoms with Crippen molar-refractivity contribution < 1.29 is 0 Å². The number of nitrogens with one attached hydrogen (secondary N) is 1. The van der Waals surface area contributed by atoms with Gasteiger partial charge >= 0.3 is 0 Å². The van der Waals surface area contributed by atoms with E-state index >= 15 is 0 Å². The number of azo groups is 1. The normalized spacial score (nSPS) is 10.7. The van der Waals surface area contributed by atoms with Crippen LogP contribution in [0.15, 0.2) is 58.8 Å². The highest BCUT2D eigenvalue weighted by atomic mass is 15.4. The van der Waals surface area contributed by atoms with Crippen molar-refractivity contribution in [3.63, 3.8) is 0 Å². The van der Waals surface area contributed by atoms with E-state index in [-0.39, 0.29) is 0 Å². The standard InChI is InChI=1S/C14H17N5/c1-16-11-3-5-12(6-4-11)17-18-13-7-9-14(10-8-13)19(2)15/h3-10,16H,15H2,1-2H3/b18-17+. The lowest BCUT2D eigenvalue weighted by molar-refractivity contribution is 1.02. The molecule has 98 valence electrons. The van der Waals surface area contributed by atoms with Gasteiger partial charge in [-0.2, -0.15) is 10.2 Å². The fraction of sp³-hybridized carbons (Fsp3) is 0.143. The number of hydrogen-bond donors (Lipinski definition) is 2. The SMILES string of the molecule is CNc1ccc(/N=N/c2ccc(N(C)N)cc2)cc1. The van der Waals surface area contributed by atoms with Crippen LogP contribution in [0, 0.1) is 0 Å². The van der Waals surface area contributed by atoms with Crippen LogP contribution in [-0.2, 0) is 0 Å². The molecule has 0 aliphatic heterocycles. The molecule has 2 rings (SSSR count). The van der Waals surface area contributed by atoms with Gasteiger partial charge in [-0.1, -0.05) is 0 Å². The van der Waals surface area contributed by atoms with Crippen molar-refractivity contribution in [1.82, 2.24) is 0 Å². The molecule has 0 aliphatic carbocycles. The third kappa shape index (κ3) is 3.53. The Morgan fingerprint density at radius 3 is 1.79 bits per heavy atom. The molecule has 0 atom stereocenters. The minimum atomic E-state index is 0.795. The first-order valence-corrected chi connectivity index (χ1v) is 5.97. The summed E-state index contributed by atoms with van der Waals surface area (Å²) in [6.45, 7) is 0. The topological polar surface area (TPSA) is 66.0 Å². The van der Waals surface area contributed by atoms with Crippen molar-refractivity contribution in [1.29, 1.82) is 0 Å². The van der Waals surface area contributed by atoms with Crippen molar-refractivity contribution in [3.8, 4) is 0 Å².